The molecule has 21 heteroatoms. The summed E-state index contributed by atoms with van der Waals surface area (Å²) < 4.78 is 79.1. The number of aliphatic imine (C=N–C) groups is 1. The Labute approximate surface area is 411 Å². The van der Waals surface area contributed by atoms with Crippen molar-refractivity contribution in [2.45, 2.75) is 181 Å². The van der Waals surface area contributed by atoms with E-state index in [1.165, 1.54) is 5.57 Å². The van der Waals surface area contributed by atoms with Gasteiger partial charge in [-0.1, -0.05) is 37.9 Å². The van der Waals surface area contributed by atoms with E-state index in [1.54, 1.807) is 23.3 Å². The predicted octanol–water partition coefficient (Wildman–Crippen LogP) is 12.8. The van der Waals surface area contributed by atoms with Gasteiger partial charge < -0.3 is 16.4 Å². The second kappa shape index (κ2) is 26.2. The average molecular weight is 1020 g/mol. The SMILES string of the molecule is CC1=CC(C)=NC1.CCc1cnc(-n2nc(C)cc2C)nc1NC1CCC(F)(F)CC1.CCc1cnc(Cl)nc1Cl.CCc1cnc(Cl)nc1NC1CCC(F)(F)CC1.NC1CCC(F)(F)CC1. The third-order valence-corrected chi connectivity index (χ3v) is 12.4. The Hall–Kier alpha value is -4.13. The predicted molar refractivity (Wildman–Crippen MR) is 261 cm³/mol. The molecule has 8 rings (SSSR count). The fourth-order valence-corrected chi connectivity index (χ4v) is 8.17. The molecule has 376 valence electrons. The Bertz CT molecular complexity index is 2260. The molecular formula is C47H65Cl3F6N12. The van der Waals surface area contributed by atoms with Crippen molar-refractivity contribution in [1.82, 2.24) is 39.7 Å². The zero-order chi connectivity index (χ0) is 50.2. The molecule has 4 aromatic rings. The summed E-state index contributed by atoms with van der Waals surface area (Å²) in [4.78, 5) is 28.7. The van der Waals surface area contributed by atoms with E-state index in [9.17, 15) is 26.3 Å². The standard InChI is InChI=1S/C17H23F2N5.C12H16ClF2N3.C6H6Cl2N2.C6H11F2N.C6H9N/c1-4-13-10-20-16(24-12(3)9-11(2)23-24)22-15(13)21-14-5-7-17(18,19)8-6-14;1-2-8-7-16-11(13)18-10(8)17-9-3-5-12(14,15)6-4-9;1-2-4-3-9-6(8)10-5(4)7;7-6(8)3-1-5(9)2-4-6;1-5-3-6(2)7-4-5/h9-10,14H,4-8H2,1-3H3,(H,20,21,22);7,9H,2-6H2,1H3,(H,16,17,18);3H,2H2,1H3;5H,1-4,9H2;3H,4H2,1-2H3. The number of nitrogens with two attached hydrogens (primary N) is 1. The third-order valence-electron chi connectivity index (χ3n) is 11.7. The minimum atomic E-state index is -2.52. The number of hydrogen-bond donors (Lipinski definition) is 3. The molecule has 0 bridgehead atoms. The second-order valence-electron chi connectivity index (χ2n) is 17.6. The minimum Gasteiger partial charge on any atom is -0.367 e. The van der Waals surface area contributed by atoms with Gasteiger partial charge in [0.15, 0.2) is 0 Å². The molecule has 0 unspecified atom stereocenters. The monoisotopic (exact) mass is 1020 g/mol. The maximum absolute atomic E-state index is 13.3. The number of halogens is 9. The lowest BCUT2D eigenvalue weighted by Gasteiger charge is -2.29. The van der Waals surface area contributed by atoms with Crippen LogP contribution in [-0.2, 0) is 19.3 Å². The molecule has 0 amide bonds. The number of rotatable bonds is 8. The van der Waals surface area contributed by atoms with E-state index in [1.807, 2.05) is 47.6 Å². The lowest BCUT2D eigenvalue weighted by molar-refractivity contribution is -0.0378. The molecule has 68 heavy (non-hydrogen) atoms. The van der Waals surface area contributed by atoms with E-state index in [0.717, 1.165) is 65.4 Å². The fraction of sp³-hybridized carbons (Fsp3) is 0.617. The van der Waals surface area contributed by atoms with Crippen LogP contribution in [0.3, 0.4) is 0 Å². The normalized spacial score (nSPS) is 18.7. The van der Waals surface area contributed by atoms with Crippen LogP contribution in [0, 0.1) is 13.8 Å². The van der Waals surface area contributed by atoms with Crippen LogP contribution in [-0.4, -0.2) is 87.8 Å². The van der Waals surface area contributed by atoms with Gasteiger partial charge in [0.2, 0.25) is 28.3 Å². The summed E-state index contributed by atoms with van der Waals surface area (Å²) in [6.07, 6.45) is 12.1. The Morgan fingerprint density at radius 1 is 0.632 bits per heavy atom. The molecule has 3 aliphatic carbocycles. The highest BCUT2D eigenvalue weighted by atomic mass is 35.5. The van der Waals surface area contributed by atoms with Gasteiger partial charge in [-0.15, -0.1) is 0 Å². The first-order valence-electron chi connectivity index (χ1n) is 23.2. The zero-order valence-corrected chi connectivity index (χ0v) is 42.2. The molecule has 0 radical (unpaired) electrons. The van der Waals surface area contributed by atoms with Crippen LogP contribution in [0.4, 0.5) is 38.0 Å². The van der Waals surface area contributed by atoms with Gasteiger partial charge >= 0.3 is 0 Å². The summed E-state index contributed by atoms with van der Waals surface area (Å²) in [7, 11) is 0. The number of alkyl halides is 6. The third kappa shape index (κ3) is 19.0. The van der Waals surface area contributed by atoms with Crippen molar-refractivity contribution in [3.63, 3.8) is 0 Å². The summed E-state index contributed by atoms with van der Waals surface area (Å²) >= 11 is 16.9. The summed E-state index contributed by atoms with van der Waals surface area (Å²) in [5, 5.41) is 11.8. The lowest BCUT2D eigenvalue weighted by atomic mass is 9.92. The van der Waals surface area contributed by atoms with Gasteiger partial charge in [0.1, 0.15) is 16.8 Å². The van der Waals surface area contributed by atoms with E-state index in [2.05, 4.69) is 63.6 Å². The van der Waals surface area contributed by atoms with Crippen molar-refractivity contribution in [3.8, 4) is 5.95 Å². The molecule has 4 N–H and O–H groups in total. The zero-order valence-electron chi connectivity index (χ0n) is 39.9. The van der Waals surface area contributed by atoms with Crippen molar-refractivity contribution in [1.29, 1.82) is 0 Å². The number of aryl methyl sites for hydroxylation is 5. The minimum absolute atomic E-state index is 0.0182. The first-order valence-corrected chi connectivity index (χ1v) is 24.3. The van der Waals surface area contributed by atoms with Gasteiger partial charge in [0.25, 0.3) is 5.95 Å². The van der Waals surface area contributed by atoms with Crippen LogP contribution in [0.25, 0.3) is 5.95 Å². The summed E-state index contributed by atoms with van der Waals surface area (Å²) in [6, 6.07) is 2.05. The molecular weight excluding hydrogens is 953 g/mol. The molecule has 3 saturated carbocycles. The largest absolute Gasteiger partial charge is 0.367 e. The van der Waals surface area contributed by atoms with Gasteiger partial charge in [0.05, 0.1) is 12.2 Å². The van der Waals surface area contributed by atoms with Crippen LogP contribution in [0.1, 0.15) is 140 Å². The van der Waals surface area contributed by atoms with Crippen molar-refractivity contribution in [2.75, 3.05) is 17.2 Å². The second-order valence-corrected chi connectivity index (χ2v) is 18.6. The highest BCUT2D eigenvalue weighted by Gasteiger charge is 2.36. The van der Waals surface area contributed by atoms with Crippen LogP contribution in [0.5, 0.6) is 0 Å². The van der Waals surface area contributed by atoms with Gasteiger partial charge in [0, 0.05) is 103 Å². The number of hydrogen-bond acceptors (Lipinski definition) is 11. The molecule has 4 aromatic heterocycles. The van der Waals surface area contributed by atoms with Gasteiger partial charge in [-0.2, -0.15) is 10.1 Å². The van der Waals surface area contributed by atoms with E-state index in [4.69, 9.17) is 40.5 Å². The molecule has 3 fully saturated rings. The van der Waals surface area contributed by atoms with Gasteiger partial charge in [-0.05, 0) is 121 Å². The molecule has 0 spiro atoms. The summed E-state index contributed by atoms with van der Waals surface area (Å²) in [5.41, 5.74) is 12.7. The van der Waals surface area contributed by atoms with E-state index < -0.39 is 17.8 Å². The molecule has 4 aliphatic rings. The van der Waals surface area contributed by atoms with Crippen LogP contribution in [0.15, 0.2) is 41.3 Å². The molecule has 0 atom stereocenters. The van der Waals surface area contributed by atoms with E-state index in [0.29, 0.717) is 55.4 Å². The molecule has 5 heterocycles. The Kier molecular flexibility index (Phi) is 21.7. The Balaban J connectivity index is 0.000000200. The number of anilines is 2. The maximum Gasteiger partial charge on any atom is 0.252 e. The molecule has 0 saturated heterocycles. The molecule has 12 nitrogen and oxygen atoms in total. The highest BCUT2D eigenvalue weighted by molar-refractivity contribution is 6.32. The van der Waals surface area contributed by atoms with Crippen LogP contribution < -0.4 is 16.4 Å². The van der Waals surface area contributed by atoms with Crippen LogP contribution >= 0.6 is 34.8 Å². The summed E-state index contributed by atoms with van der Waals surface area (Å²) in [5.74, 6) is -5.54. The van der Waals surface area contributed by atoms with Crippen molar-refractivity contribution >= 4 is 52.2 Å². The quantitative estimate of drug-likeness (QED) is 0.0881. The first kappa shape index (κ1) is 56.5. The number of nitrogens with one attached hydrogen (secondary N) is 2. The van der Waals surface area contributed by atoms with Gasteiger partial charge in [-0.25, -0.2) is 55.9 Å². The highest BCUT2D eigenvalue weighted by Crippen LogP contribution is 2.36. The van der Waals surface area contributed by atoms with E-state index in [-0.39, 0.29) is 67.2 Å². The van der Waals surface area contributed by atoms with Gasteiger partial charge in [-0.3, -0.25) is 4.99 Å². The van der Waals surface area contributed by atoms with Crippen molar-refractivity contribution in [2.24, 2.45) is 10.7 Å². The number of nitrogens with zero attached hydrogens (tertiary/aromatic N) is 9. The maximum atomic E-state index is 13.3. The first-order chi connectivity index (χ1) is 32.0. The van der Waals surface area contributed by atoms with E-state index >= 15 is 0 Å². The fourth-order valence-electron chi connectivity index (χ4n) is 7.60. The topological polar surface area (TPSA) is 158 Å². The summed E-state index contributed by atoms with van der Waals surface area (Å²) in [6.45, 7) is 14.9. The van der Waals surface area contributed by atoms with Crippen molar-refractivity contribution in [3.05, 3.63) is 80.1 Å². The van der Waals surface area contributed by atoms with Crippen LogP contribution in [0.2, 0.25) is 15.7 Å². The lowest BCUT2D eigenvalue weighted by Crippen LogP contribution is -2.32. The molecule has 1 aliphatic heterocycles. The Morgan fingerprint density at radius 2 is 1.07 bits per heavy atom. The smallest absolute Gasteiger partial charge is 0.252 e. The Morgan fingerprint density at radius 3 is 1.46 bits per heavy atom. The molecule has 0 aromatic carbocycles. The van der Waals surface area contributed by atoms with Crippen molar-refractivity contribution < 1.29 is 26.3 Å². The number of aromatic nitrogens is 8. The number of allylic oxidation sites excluding steroid dienone is 1. The average Bonchev–Trinajstić information content (AvgIpc) is 3.85.